The summed E-state index contributed by atoms with van der Waals surface area (Å²) in [5, 5.41) is 20.7. The lowest BCUT2D eigenvalue weighted by molar-refractivity contribution is -0.161. The van der Waals surface area contributed by atoms with Gasteiger partial charge in [-0.05, 0) is 154 Å². The molecule has 4 N–H and O–H groups in total. The van der Waals surface area contributed by atoms with Crippen molar-refractivity contribution in [3.63, 3.8) is 0 Å². The second kappa shape index (κ2) is 84.1. The molecule has 632 valence electrons. The van der Waals surface area contributed by atoms with Gasteiger partial charge in [-0.15, -0.1) is 0 Å². The van der Waals surface area contributed by atoms with Crippen LogP contribution in [0.4, 0.5) is 0 Å². The van der Waals surface area contributed by atoms with Gasteiger partial charge in [-0.2, -0.15) is 0 Å². The molecule has 5 unspecified atom stereocenters. The summed E-state index contributed by atoms with van der Waals surface area (Å²) in [6.45, 7) is 2.34. The molecule has 0 aromatic heterocycles. The van der Waals surface area contributed by atoms with Crippen LogP contribution in [-0.2, 0) is 55.8 Å². The van der Waals surface area contributed by atoms with Crippen LogP contribution in [0.3, 0.4) is 0 Å². The molecule has 0 saturated carbocycles. The number of allylic oxidation sites excluding steroid dienone is 30. The Labute approximate surface area is 675 Å². The zero-order chi connectivity index (χ0) is 80.8. The van der Waals surface area contributed by atoms with Crippen LogP contribution >= 0.6 is 15.6 Å². The molecule has 0 bridgehead atoms. The number of aliphatic hydroxyl groups excluding tert-OH is 2. The molecule has 16 nitrogen and oxygen atoms in total. The lowest BCUT2D eigenvalue weighted by Crippen LogP contribution is -2.30. The van der Waals surface area contributed by atoms with Gasteiger partial charge in [0.25, 0.3) is 0 Å². The fourth-order valence-electron chi connectivity index (χ4n) is 11.1. The van der Waals surface area contributed by atoms with Crippen molar-refractivity contribution in [1.82, 2.24) is 0 Å². The van der Waals surface area contributed by atoms with Crippen molar-refractivity contribution in [2.45, 2.75) is 347 Å². The first kappa shape index (κ1) is 106. The van der Waals surface area contributed by atoms with Crippen molar-refractivity contribution in [1.29, 1.82) is 0 Å². The van der Waals surface area contributed by atoms with E-state index in [1.165, 1.54) is 116 Å². The van der Waals surface area contributed by atoms with Crippen LogP contribution in [0.2, 0.25) is 0 Å². The first-order valence-corrected chi connectivity index (χ1v) is 46.1. The number of carbonyl (C=O) groups excluding carboxylic acids is 3. The quantitative estimate of drug-likeness (QED) is 0.0146. The highest BCUT2D eigenvalue weighted by molar-refractivity contribution is 7.47. The van der Waals surface area contributed by atoms with Crippen LogP contribution in [0, 0.1) is 0 Å². The minimum Gasteiger partial charge on any atom is -0.463 e. The van der Waals surface area contributed by atoms with Crippen LogP contribution in [0.5, 0.6) is 0 Å². The van der Waals surface area contributed by atoms with Gasteiger partial charge in [0.2, 0.25) is 0 Å². The number of rotatable bonds is 80. The zero-order valence-corrected chi connectivity index (χ0v) is 71.1. The molecule has 0 fully saturated rings. The highest BCUT2D eigenvalue weighted by atomic mass is 31.2. The maximum atomic E-state index is 13.0. The van der Waals surface area contributed by atoms with Crippen molar-refractivity contribution in [3.8, 4) is 0 Å². The molecular weight excluding hydrogens is 1430 g/mol. The molecule has 0 aliphatic carbocycles. The molecule has 0 rings (SSSR count). The fraction of sp³-hybridized carbons (Fsp3) is 0.645. The number of phosphoric ester groups is 2. The smallest absolute Gasteiger partial charge is 0.463 e. The highest BCUT2D eigenvalue weighted by Gasteiger charge is 2.29. The van der Waals surface area contributed by atoms with Crippen molar-refractivity contribution in [3.05, 3.63) is 182 Å². The number of unbranched alkanes of at least 4 members (excludes halogenated alkanes) is 27. The van der Waals surface area contributed by atoms with E-state index >= 15 is 0 Å². The lowest BCUT2D eigenvalue weighted by Gasteiger charge is -2.21. The van der Waals surface area contributed by atoms with E-state index in [9.17, 15) is 43.5 Å². The first-order valence-electron chi connectivity index (χ1n) is 43.1. The summed E-state index contributed by atoms with van der Waals surface area (Å²) in [7, 11) is -9.83. The van der Waals surface area contributed by atoms with E-state index in [0.717, 1.165) is 148 Å². The predicted molar refractivity (Wildman–Crippen MR) is 463 cm³/mol. The monoisotopic (exact) mass is 1590 g/mol. The van der Waals surface area contributed by atoms with Crippen LogP contribution in [0.25, 0.3) is 0 Å². The molecule has 0 aromatic carbocycles. The molecule has 0 amide bonds. The van der Waals surface area contributed by atoms with Crippen molar-refractivity contribution in [2.24, 2.45) is 0 Å². The Balaban J connectivity index is 4.56. The summed E-state index contributed by atoms with van der Waals surface area (Å²) in [4.78, 5) is 58.8. The third-order valence-electron chi connectivity index (χ3n) is 17.6. The third-order valence-corrected chi connectivity index (χ3v) is 19.5. The molecular formula is C93H154O16P2. The second-order valence-corrected chi connectivity index (χ2v) is 31.1. The van der Waals surface area contributed by atoms with E-state index in [0.29, 0.717) is 25.7 Å². The fourth-order valence-corrected chi connectivity index (χ4v) is 12.7. The summed E-state index contributed by atoms with van der Waals surface area (Å²) in [5.41, 5.74) is 0. The Morgan fingerprint density at radius 2 is 0.486 bits per heavy atom. The van der Waals surface area contributed by atoms with E-state index in [4.69, 9.17) is 32.3 Å². The normalized spacial score (nSPS) is 14.8. The molecule has 0 saturated heterocycles. The van der Waals surface area contributed by atoms with Gasteiger partial charge in [0, 0.05) is 19.3 Å². The molecule has 0 aliphatic heterocycles. The Hall–Kier alpha value is -5.35. The zero-order valence-electron chi connectivity index (χ0n) is 69.3. The summed E-state index contributed by atoms with van der Waals surface area (Å²) in [6, 6.07) is 0. The van der Waals surface area contributed by atoms with E-state index in [1.54, 1.807) is 0 Å². The second-order valence-electron chi connectivity index (χ2n) is 28.2. The van der Waals surface area contributed by atoms with Gasteiger partial charge in [0.1, 0.15) is 25.4 Å². The average Bonchev–Trinajstić information content (AvgIpc) is 0.903. The number of hydrogen-bond donors (Lipinski definition) is 4. The van der Waals surface area contributed by atoms with Gasteiger partial charge in [-0.3, -0.25) is 32.5 Å². The Kier molecular flexibility index (Phi) is 80.0. The number of aliphatic hydroxyl groups is 2. The van der Waals surface area contributed by atoms with Crippen molar-refractivity contribution in [2.75, 3.05) is 39.6 Å². The number of carbonyl (C=O) groups is 3. The van der Waals surface area contributed by atoms with Crippen molar-refractivity contribution >= 4 is 33.6 Å². The van der Waals surface area contributed by atoms with Gasteiger partial charge >= 0.3 is 33.6 Å². The summed E-state index contributed by atoms with van der Waals surface area (Å²) in [5.74, 6) is -1.67. The summed E-state index contributed by atoms with van der Waals surface area (Å²) >= 11 is 0. The van der Waals surface area contributed by atoms with E-state index in [-0.39, 0.29) is 19.3 Å². The van der Waals surface area contributed by atoms with Gasteiger partial charge in [-0.1, -0.05) is 338 Å². The Morgan fingerprint density at radius 1 is 0.261 bits per heavy atom. The van der Waals surface area contributed by atoms with Gasteiger partial charge in [0.05, 0.1) is 26.4 Å². The predicted octanol–water partition coefficient (Wildman–Crippen LogP) is 26.1. The molecule has 0 radical (unpaired) electrons. The molecule has 111 heavy (non-hydrogen) atoms. The molecule has 0 aliphatic rings. The SMILES string of the molecule is CC/C=C\C/C=C\C/C=C\C/C=C\C/C=C\C/C=C\CCCCCCCCC(=O)OCC(COP(=O)(O)OCC(O)COP(=O)(O)OCC(O)COC(=O)CCCCCCCCCCCCCCCCCCC/C=C\C/C=C\C/C=C\C/C=C\CCCCC)OC(=O)CCC/C=C\C/C=C\C/C=C\C/C=C\C/C=C\CC. The largest absolute Gasteiger partial charge is 0.472 e. The van der Waals surface area contributed by atoms with Gasteiger partial charge < -0.3 is 34.2 Å². The van der Waals surface area contributed by atoms with Gasteiger partial charge in [-0.25, -0.2) is 9.13 Å². The maximum absolute atomic E-state index is 13.0. The van der Waals surface area contributed by atoms with Crippen LogP contribution in [-0.4, -0.2) is 95.9 Å². The number of phosphoric acid groups is 2. The number of hydrogen-bond acceptors (Lipinski definition) is 14. The summed E-state index contributed by atoms with van der Waals surface area (Å²) < 4.78 is 61.2. The van der Waals surface area contributed by atoms with Gasteiger partial charge in [0.15, 0.2) is 6.10 Å². The summed E-state index contributed by atoms with van der Waals surface area (Å²) in [6.07, 6.45) is 110. The van der Waals surface area contributed by atoms with E-state index < -0.39 is 91.5 Å². The number of ether oxygens (including phenoxy) is 3. The molecule has 18 heteroatoms. The lowest BCUT2D eigenvalue weighted by atomic mass is 10.0. The molecule has 0 heterocycles. The minimum atomic E-state index is -4.96. The van der Waals surface area contributed by atoms with Crippen LogP contribution < -0.4 is 0 Å². The highest BCUT2D eigenvalue weighted by Crippen LogP contribution is 2.45. The molecule has 0 spiro atoms. The minimum absolute atomic E-state index is 0.0160. The third kappa shape index (κ3) is 85.4. The Morgan fingerprint density at radius 3 is 0.784 bits per heavy atom. The number of esters is 3. The first-order chi connectivity index (χ1) is 54.2. The molecule has 5 atom stereocenters. The van der Waals surface area contributed by atoms with E-state index in [1.807, 2.05) is 12.2 Å². The van der Waals surface area contributed by atoms with Crippen molar-refractivity contribution < 1.29 is 75.8 Å². The Bertz CT molecular complexity index is 2750. The average molecular weight is 1590 g/mol. The van der Waals surface area contributed by atoms with Crippen LogP contribution in [0.1, 0.15) is 329 Å². The van der Waals surface area contributed by atoms with E-state index in [2.05, 4.69) is 191 Å². The maximum Gasteiger partial charge on any atom is 0.472 e. The molecule has 0 aromatic rings. The standard InChI is InChI=1S/C93H154O16P2/c1-4-7-10-13-16-19-22-25-28-31-33-35-37-39-40-41-42-43-44-45-46-48-50-51-53-56-58-61-64-67-70-73-76-79-91(96)103-82-88(94)83-105-110(99,100)106-84-89(95)85-107-111(101,102)108-87-90(109-93(98)81-78-75-72-69-66-63-60-55-30-27-24-21-18-15-12-9-6-3)86-104-92(97)80-77-74-71-68-65-62-59-57-54-52-49-47-38-36-34-32-29-26-23-20-17-14-11-8-5-2/h8-9,11-12,16-21,25-30,33-36,39-40,47,49,54,57,60,63,69,72,88-90,94-95H,4-7,10,13-15,22-24,31-32,37-38,41-46,48,50-53,55-56,58-59,61-62,64-68,70-71,73-87H2,1-3H3,(H,99,100)(H,101,102)/b11-8-,12-9-,19-16-,20-17-,21-18-,28-25-,29-26-,30-27-,35-33-,36-34-,40-39-,49-47-,57-54-,63-60-,72-69-. The van der Waals surface area contributed by atoms with Crippen LogP contribution in [0.15, 0.2) is 182 Å². The topological polar surface area (TPSA) is 231 Å².